The van der Waals surface area contributed by atoms with Gasteiger partial charge in [-0.15, -0.1) is 10.2 Å². The first-order chi connectivity index (χ1) is 8.16. The zero-order valence-electron chi connectivity index (χ0n) is 9.76. The van der Waals surface area contributed by atoms with Gasteiger partial charge in [-0.25, -0.2) is 0 Å². The van der Waals surface area contributed by atoms with Crippen LogP contribution in [-0.2, 0) is 4.79 Å². The number of carbonyl (C=O) groups is 1. The predicted octanol–water partition coefficient (Wildman–Crippen LogP) is 2.68. The van der Waals surface area contributed by atoms with Crippen LogP contribution in [0.15, 0.2) is 9.64 Å². The van der Waals surface area contributed by atoms with E-state index in [2.05, 4.69) is 10.2 Å². The van der Waals surface area contributed by atoms with Crippen molar-refractivity contribution in [1.29, 1.82) is 0 Å². The lowest BCUT2D eigenvalue weighted by molar-refractivity contribution is -0.136. The molecular weight excluding hydrogens is 240 g/mol. The molecule has 5 nitrogen and oxygen atoms in total. The van der Waals surface area contributed by atoms with Gasteiger partial charge in [-0.2, -0.15) is 0 Å². The third-order valence-electron chi connectivity index (χ3n) is 3.00. The van der Waals surface area contributed by atoms with Crippen molar-refractivity contribution in [2.75, 3.05) is 0 Å². The minimum Gasteiger partial charge on any atom is -0.480 e. The Balaban J connectivity index is 1.97. The molecule has 0 bridgehead atoms. The maximum absolute atomic E-state index is 10.7. The monoisotopic (exact) mass is 256 g/mol. The fourth-order valence-corrected chi connectivity index (χ4v) is 2.61. The summed E-state index contributed by atoms with van der Waals surface area (Å²) in [5.74, 6) is 0.169. The van der Waals surface area contributed by atoms with Crippen molar-refractivity contribution in [2.45, 2.75) is 55.4 Å². The van der Waals surface area contributed by atoms with E-state index in [1.165, 1.54) is 19.3 Å². The molecule has 1 saturated carbocycles. The summed E-state index contributed by atoms with van der Waals surface area (Å²) < 4.78 is 5.52. The number of thioether (sulfide) groups is 1. The van der Waals surface area contributed by atoms with Gasteiger partial charge < -0.3 is 9.52 Å². The molecule has 6 heteroatoms. The number of hydrogen-bond donors (Lipinski definition) is 1. The molecule has 94 valence electrons. The lowest BCUT2D eigenvalue weighted by Crippen LogP contribution is -2.11. The Bertz CT molecular complexity index is 388. The number of nitrogens with zero attached hydrogens (tertiary/aromatic N) is 2. The maximum Gasteiger partial charge on any atom is 0.316 e. The predicted molar refractivity (Wildman–Crippen MR) is 63.1 cm³/mol. The van der Waals surface area contributed by atoms with Crippen molar-refractivity contribution in [3.8, 4) is 0 Å². The normalized spacial score (nSPS) is 19.1. The van der Waals surface area contributed by atoms with E-state index in [1.807, 2.05) is 0 Å². The first kappa shape index (κ1) is 12.4. The Hall–Kier alpha value is -1.04. The summed E-state index contributed by atoms with van der Waals surface area (Å²) in [7, 11) is 0. The van der Waals surface area contributed by atoms with E-state index < -0.39 is 11.2 Å². The third-order valence-corrected chi connectivity index (χ3v) is 3.92. The standard InChI is InChI=1S/C11H16N2O3S/c1-7(10(14)15)17-11-13-12-9(16-11)8-5-3-2-4-6-8/h7-8H,2-6H2,1H3,(H,14,15). The van der Waals surface area contributed by atoms with E-state index >= 15 is 0 Å². The number of hydrogen-bond acceptors (Lipinski definition) is 5. The lowest BCUT2D eigenvalue weighted by Gasteiger charge is -2.17. The number of carboxylic acid groups (broad SMARTS) is 1. The van der Waals surface area contributed by atoms with Gasteiger partial charge in [0.05, 0.1) is 0 Å². The molecule has 0 aliphatic heterocycles. The van der Waals surface area contributed by atoms with E-state index in [-0.39, 0.29) is 0 Å². The van der Waals surface area contributed by atoms with Gasteiger partial charge in [0, 0.05) is 5.92 Å². The second kappa shape index (κ2) is 5.53. The quantitative estimate of drug-likeness (QED) is 0.835. The van der Waals surface area contributed by atoms with Crippen LogP contribution in [0.25, 0.3) is 0 Å². The minimum absolute atomic E-state index is 0.362. The molecule has 0 radical (unpaired) electrons. The molecular formula is C11H16N2O3S. The molecule has 0 spiro atoms. The summed E-state index contributed by atoms with van der Waals surface area (Å²) >= 11 is 1.10. The summed E-state index contributed by atoms with van der Waals surface area (Å²) in [6.45, 7) is 1.61. The topological polar surface area (TPSA) is 76.2 Å². The molecule has 1 N–H and O–H groups in total. The summed E-state index contributed by atoms with van der Waals surface area (Å²) in [6, 6.07) is 0. The molecule has 1 atom stereocenters. The van der Waals surface area contributed by atoms with Crippen LogP contribution in [0.5, 0.6) is 0 Å². The first-order valence-electron chi connectivity index (χ1n) is 5.89. The maximum atomic E-state index is 10.7. The van der Waals surface area contributed by atoms with E-state index in [0.717, 1.165) is 24.6 Å². The van der Waals surface area contributed by atoms with Gasteiger partial charge in [-0.3, -0.25) is 4.79 Å². The van der Waals surface area contributed by atoms with Crippen molar-refractivity contribution < 1.29 is 14.3 Å². The van der Waals surface area contributed by atoms with Gasteiger partial charge in [0.1, 0.15) is 5.25 Å². The number of rotatable bonds is 4. The van der Waals surface area contributed by atoms with Crippen LogP contribution >= 0.6 is 11.8 Å². The second-order valence-electron chi connectivity index (χ2n) is 4.34. The van der Waals surface area contributed by atoms with Crippen LogP contribution < -0.4 is 0 Å². The molecule has 0 aromatic carbocycles. The Morgan fingerprint density at radius 3 is 2.76 bits per heavy atom. The Kier molecular flexibility index (Phi) is 4.04. The van der Waals surface area contributed by atoms with Crippen LogP contribution in [0.3, 0.4) is 0 Å². The summed E-state index contributed by atoms with van der Waals surface area (Å²) in [6.07, 6.45) is 5.89. The molecule has 0 amide bonds. The minimum atomic E-state index is -0.868. The largest absolute Gasteiger partial charge is 0.480 e. The van der Waals surface area contributed by atoms with Crippen molar-refractivity contribution in [2.24, 2.45) is 0 Å². The van der Waals surface area contributed by atoms with Gasteiger partial charge in [0.2, 0.25) is 5.89 Å². The van der Waals surface area contributed by atoms with Crippen molar-refractivity contribution in [3.05, 3.63) is 5.89 Å². The fourth-order valence-electron chi connectivity index (χ4n) is 1.98. The SMILES string of the molecule is CC(Sc1nnc(C2CCCCC2)o1)C(=O)O. The molecule has 1 aliphatic carbocycles. The van der Waals surface area contributed by atoms with Gasteiger partial charge in [-0.1, -0.05) is 31.0 Å². The van der Waals surface area contributed by atoms with Crippen LogP contribution in [-0.4, -0.2) is 26.5 Å². The molecule has 1 heterocycles. The zero-order valence-corrected chi connectivity index (χ0v) is 10.6. The number of aliphatic carboxylic acids is 1. The summed E-state index contributed by atoms with van der Waals surface area (Å²) in [5.41, 5.74) is 0. The van der Waals surface area contributed by atoms with Gasteiger partial charge >= 0.3 is 5.97 Å². The molecule has 1 fully saturated rings. The molecule has 2 rings (SSSR count). The van der Waals surface area contributed by atoms with E-state index in [9.17, 15) is 4.79 Å². The van der Waals surface area contributed by atoms with Crippen LogP contribution in [0, 0.1) is 0 Å². The van der Waals surface area contributed by atoms with Crippen molar-refractivity contribution >= 4 is 17.7 Å². The van der Waals surface area contributed by atoms with E-state index in [4.69, 9.17) is 9.52 Å². The molecule has 1 aliphatic rings. The Morgan fingerprint density at radius 1 is 1.41 bits per heavy atom. The summed E-state index contributed by atoms with van der Waals surface area (Å²) in [4.78, 5) is 10.7. The number of carboxylic acids is 1. The third kappa shape index (κ3) is 3.21. The van der Waals surface area contributed by atoms with Crippen molar-refractivity contribution in [3.63, 3.8) is 0 Å². The Labute approximate surface area is 104 Å². The van der Waals surface area contributed by atoms with E-state index in [1.54, 1.807) is 6.92 Å². The highest BCUT2D eigenvalue weighted by atomic mass is 32.2. The summed E-state index contributed by atoms with van der Waals surface area (Å²) in [5, 5.41) is 16.5. The highest BCUT2D eigenvalue weighted by molar-refractivity contribution is 8.00. The molecule has 17 heavy (non-hydrogen) atoms. The highest BCUT2D eigenvalue weighted by Gasteiger charge is 2.23. The van der Waals surface area contributed by atoms with Crippen molar-refractivity contribution in [1.82, 2.24) is 10.2 Å². The smallest absolute Gasteiger partial charge is 0.316 e. The average molecular weight is 256 g/mol. The van der Waals surface area contributed by atoms with Crippen LogP contribution in [0.4, 0.5) is 0 Å². The molecule has 1 unspecified atom stereocenters. The van der Waals surface area contributed by atoms with Crippen LogP contribution in [0.2, 0.25) is 0 Å². The Morgan fingerprint density at radius 2 is 2.12 bits per heavy atom. The molecule has 0 saturated heterocycles. The van der Waals surface area contributed by atoms with E-state index in [0.29, 0.717) is 17.0 Å². The lowest BCUT2D eigenvalue weighted by atomic mass is 9.89. The highest BCUT2D eigenvalue weighted by Crippen LogP contribution is 2.33. The zero-order chi connectivity index (χ0) is 12.3. The second-order valence-corrected chi connectivity index (χ2v) is 5.63. The first-order valence-corrected chi connectivity index (χ1v) is 6.77. The molecule has 1 aromatic heterocycles. The van der Waals surface area contributed by atoms with Gasteiger partial charge in [0.25, 0.3) is 5.22 Å². The van der Waals surface area contributed by atoms with Gasteiger partial charge in [0.15, 0.2) is 0 Å². The fraction of sp³-hybridized carbons (Fsp3) is 0.727. The molecule has 1 aromatic rings. The number of aromatic nitrogens is 2. The average Bonchev–Trinajstić information content (AvgIpc) is 2.78. The van der Waals surface area contributed by atoms with Crippen LogP contribution in [0.1, 0.15) is 50.8 Å². The van der Waals surface area contributed by atoms with Gasteiger partial charge in [-0.05, 0) is 19.8 Å².